The standard InChI is InChI=1S/C24H22F2O4S/c25-19-11-10-15(12-20(19)26)21(27)13-29-24(28)23-18(14-31-16-6-2-1-3-7-16)17-8-4-5-9-22(17)30-23/h4-5,8-12,16H,1-3,6-7,13-14H2. The zero-order valence-corrected chi connectivity index (χ0v) is 17.7. The average Bonchev–Trinajstić information content (AvgIpc) is 3.17. The second-order valence-electron chi connectivity index (χ2n) is 7.61. The van der Waals surface area contributed by atoms with Crippen LogP contribution in [-0.2, 0) is 10.5 Å². The number of rotatable bonds is 7. The number of para-hydroxylation sites is 1. The molecule has 1 aliphatic rings. The summed E-state index contributed by atoms with van der Waals surface area (Å²) in [7, 11) is 0. The number of hydrogen-bond donors (Lipinski definition) is 0. The van der Waals surface area contributed by atoms with Gasteiger partial charge in [-0.25, -0.2) is 13.6 Å². The molecule has 1 fully saturated rings. The maximum Gasteiger partial charge on any atom is 0.375 e. The number of ketones is 1. The third kappa shape index (κ3) is 4.98. The molecule has 0 unspecified atom stereocenters. The van der Waals surface area contributed by atoms with Gasteiger partial charge in [0.25, 0.3) is 0 Å². The zero-order valence-electron chi connectivity index (χ0n) is 16.9. The molecule has 0 amide bonds. The molecule has 7 heteroatoms. The number of fused-ring (bicyclic) bond motifs is 1. The van der Waals surface area contributed by atoms with Gasteiger partial charge in [-0.05, 0) is 37.1 Å². The maximum absolute atomic E-state index is 13.4. The minimum Gasteiger partial charge on any atom is -0.451 e. The van der Waals surface area contributed by atoms with E-state index in [4.69, 9.17) is 9.15 Å². The van der Waals surface area contributed by atoms with Gasteiger partial charge in [-0.15, -0.1) is 0 Å². The first-order valence-electron chi connectivity index (χ1n) is 10.3. The summed E-state index contributed by atoms with van der Waals surface area (Å²) in [6, 6.07) is 10.2. The average molecular weight is 444 g/mol. The highest BCUT2D eigenvalue weighted by Gasteiger charge is 2.24. The van der Waals surface area contributed by atoms with Gasteiger partial charge >= 0.3 is 5.97 Å². The van der Waals surface area contributed by atoms with E-state index >= 15 is 0 Å². The van der Waals surface area contributed by atoms with Gasteiger partial charge in [0, 0.05) is 27.5 Å². The summed E-state index contributed by atoms with van der Waals surface area (Å²) in [6.45, 7) is -0.587. The van der Waals surface area contributed by atoms with E-state index in [1.165, 1.54) is 32.1 Å². The second-order valence-corrected chi connectivity index (χ2v) is 8.89. The van der Waals surface area contributed by atoms with Gasteiger partial charge in [-0.3, -0.25) is 4.79 Å². The van der Waals surface area contributed by atoms with Crippen molar-refractivity contribution in [3.63, 3.8) is 0 Å². The molecule has 0 saturated heterocycles. The van der Waals surface area contributed by atoms with E-state index in [1.807, 2.05) is 30.0 Å². The molecule has 0 N–H and O–H groups in total. The topological polar surface area (TPSA) is 56.5 Å². The molecule has 0 spiro atoms. The Morgan fingerprint density at radius 3 is 2.58 bits per heavy atom. The fraction of sp³-hybridized carbons (Fsp3) is 0.333. The van der Waals surface area contributed by atoms with Crippen molar-refractivity contribution >= 4 is 34.5 Å². The van der Waals surface area contributed by atoms with E-state index < -0.39 is 30.0 Å². The summed E-state index contributed by atoms with van der Waals surface area (Å²) < 4.78 is 37.4. The number of benzene rings is 2. The van der Waals surface area contributed by atoms with Gasteiger partial charge in [0.1, 0.15) is 5.58 Å². The van der Waals surface area contributed by atoms with Crippen molar-refractivity contribution < 1.29 is 27.5 Å². The maximum atomic E-state index is 13.4. The molecule has 4 nitrogen and oxygen atoms in total. The summed E-state index contributed by atoms with van der Waals surface area (Å²) in [6.07, 6.45) is 6.07. The summed E-state index contributed by atoms with van der Waals surface area (Å²) in [5.74, 6) is -2.84. The van der Waals surface area contributed by atoms with E-state index in [9.17, 15) is 18.4 Å². The van der Waals surface area contributed by atoms with Gasteiger partial charge in [-0.1, -0.05) is 37.5 Å². The number of carbonyl (C=O) groups excluding carboxylic acids is 2. The minimum atomic E-state index is -1.13. The smallest absolute Gasteiger partial charge is 0.375 e. The van der Waals surface area contributed by atoms with Crippen molar-refractivity contribution in [1.82, 2.24) is 0 Å². The van der Waals surface area contributed by atoms with Crippen LogP contribution in [0.25, 0.3) is 11.0 Å². The fourth-order valence-electron chi connectivity index (χ4n) is 3.79. The summed E-state index contributed by atoms with van der Waals surface area (Å²) in [4.78, 5) is 25.0. The molecule has 0 radical (unpaired) electrons. The number of Topliss-reactive ketones (excluding diaryl/α,β-unsaturated/α-hetero) is 1. The lowest BCUT2D eigenvalue weighted by atomic mass is 10.0. The van der Waals surface area contributed by atoms with E-state index in [2.05, 4.69) is 0 Å². The van der Waals surface area contributed by atoms with Crippen molar-refractivity contribution in [3.8, 4) is 0 Å². The van der Waals surface area contributed by atoms with Crippen LogP contribution in [0, 0.1) is 11.6 Å². The monoisotopic (exact) mass is 444 g/mol. The lowest BCUT2D eigenvalue weighted by molar-refractivity contribution is 0.0445. The summed E-state index contributed by atoms with van der Waals surface area (Å²) in [5.41, 5.74) is 1.28. The number of esters is 1. The van der Waals surface area contributed by atoms with Crippen LogP contribution in [0.4, 0.5) is 8.78 Å². The molecule has 3 aromatic rings. The van der Waals surface area contributed by atoms with Crippen molar-refractivity contribution in [2.24, 2.45) is 0 Å². The highest BCUT2D eigenvalue weighted by atomic mass is 32.2. The fourth-order valence-corrected chi connectivity index (χ4v) is 5.15. The molecular weight excluding hydrogens is 422 g/mol. The molecular formula is C24H22F2O4S. The van der Waals surface area contributed by atoms with Crippen molar-refractivity contribution in [1.29, 1.82) is 0 Å². The number of hydrogen-bond acceptors (Lipinski definition) is 5. The van der Waals surface area contributed by atoms with Crippen LogP contribution in [-0.4, -0.2) is 23.6 Å². The molecule has 0 bridgehead atoms. The molecule has 1 saturated carbocycles. The minimum absolute atomic E-state index is 0.0654. The van der Waals surface area contributed by atoms with Gasteiger partial charge in [0.05, 0.1) is 0 Å². The van der Waals surface area contributed by atoms with E-state index in [1.54, 1.807) is 6.07 Å². The zero-order chi connectivity index (χ0) is 21.8. The molecule has 0 atom stereocenters. The van der Waals surface area contributed by atoms with Crippen molar-refractivity contribution in [2.45, 2.75) is 43.1 Å². The Morgan fingerprint density at radius 1 is 1.03 bits per heavy atom. The Morgan fingerprint density at radius 2 is 1.81 bits per heavy atom. The lowest BCUT2D eigenvalue weighted by Gasteiger charge is -2.20. The van der Waals surface area contributed by atoms with Crippen LogP contribution < -0.4 is 0 Å². The molecule has 0 aliphatic heterocycles. The van der Waals surface area contributed by atoms with Crippen LogP contribution in [0.15, 0.2) is 46.9 Å². The quantitative estimate of drug-likeness (QED) is 0.315. The number of carbonyl (C=O) groups is 2. The van der Waals surface area contributed by atoms with E-state index in [0.717, 1.165) is 29.1 Å². The normalized spacial score (nSPS) is 14.6. The number of furan rings is 1. The van der Waals surface area contributed by atoms with Crippen LogP contribution in [0.2, 0.25) is 0 Å². The first-order valence-corrected chi connectivity index (χ1v) is 11.3. The van der Waals surface area contributed by atoms with Crippen molar-refractivity contribution in [2.75, 3.05) is 6.61 Å². The largest absolute Gasteiger partial charge is 0.451 e. The van der Waals surface area contributed by atoms with Gasteiger partial charge < -0.3 is 9.15 Å². The highest BCUT2D eigenvalue weighted by molar-refractivity contribution is 7.99. The highest BCUT2D eigenvalue weighted by Crippen LogP contribution is 2.35. The SMILES string of the molecule is O=C(COC(=O)c1oc2ccccc2c1CSC1CCCCC1)c1ccc(F)c(F)c1. The molecule has 4 rings (SSSR count). The molecule has 1 aromatic heterocycles. The Hall–Kier alpha value is -2.67. The predicted octanol–water partition coefficient (Wildman–Crippen LogP) is 6.32. The molecule has 2 aromatic carbocycles. The van der Waals surface area contributed by atoms with Gasteiger partial charge in [0.2, 0.25) is 5.76 Å². The molecule has 1 heterocycles. The lowest BCUT2D eigenvalue weighted by Crippen LogP contribution is -2.15. The van der Waals surface area contributed by atoms with Crippen LogP contribution in [0.1, 0.15) is 58.6 Å². The van der Waals surface area contributed by atoms with E-state index in [0.29, 0.717) is 16.6 Å². The van der Waals surface area contributed by atoms with Gasteiger partial charge in [-0.2, -0.15) is 11.8 Å². The van der Waals surface area contributed by atoms with Crippen LogP contribution in [0.3, 0.4) is 0 Å². The van der Waals surface area contributed by atoms with Crippen molar-refractivity contribution in [3.05, 3.63) is 71.0 Å². The second kappa shape index (κ2) is 9.64. The summed E-state index contributed by atoms with van der Waals surface area (Å²) >= 11 is 1.81. The van der Waals surface area contributed by atoms with E-state index in [-0.39, 0.29) is 11.3 Å². The van der Waals surface area contributed by atoms with Crippen LogP contribution in [0.5, 0.6) is 0 Å². The Kier molecular flexibility index (Phi) is 6.70. The van der Waals surface area contributed by atoms with Gasteiger partial charge in [0.15, 0.2) is 24.0 Å². The third-order valence-electron chi connectivity index (χ3n) is 5.48. The Balaban J connectivity index is 1.48. The summed E-state index contributed by atoms with van der Waals surface area (Å²) in [5, 5.41) is 1.41. The third-order valence-corrected chi connectivity index (χ3v) is 6.87. The predicted molar refractivity (Wildman–Crippen MR) is 115 cm³/mol. The number of halogens is 2. The van der Waals surface area contributed by atoms with Crippen LogP contribution >= 0.6 is 11.8 Å². The molecule has 31 heavy (non-hydrogen) atoms. The molecule has 162 valence electrons. The first-order chi connectivity index (χ1) is 15.0. The first kappa shape index (κ1) is 21.6. The number of ether oxygens (including phenoxy) is 1. The Labute approximate surface area is 182 Å². The molecule has 1 aliphatic carbocycles. The Bertz CT molecular complexity index is 1100. The number of thioether (sulfide) groups is 1.